The minimum absolute atomic E-state index is 0.359. The molecule has 0 atom stereocenters. The number of aliphatic imine (C=N–C) groups is 1. The lowest BCUT2D eigenvalue weighted by Gasteiger charge is -2.08. The van der Waals surface area contributed by atoms with Crippen molar-refractivity contribution in [1.29, 1.82) is 0 Å². The van der Waals surface area contributed by atoms with Crippen molar-refractivity contribution in [1.82, 2.24) is 5.48 Å². The molecule has 0 amide bonds. The number of nitrogen functional groups attached to an aromatic ring is 1. The molecule has 0 saturated heterocycles. The standard InChI is InChI=1S/C17H15N3O/c18-15-10-13-8-4-5-9-14(13)11-16(15)19-17(20-21)12-6-2-1-3-7-12/h1-11,21H,18H2,(H,19,20). The maximum atomic E-state index is 9.32. The first-order valence-corrected chi connectivity index (χ1v) is 6.60. The largest absolute Gasteiger partial charge is 0.397 e. The molecule has 3 rings (SSSR count). The molecule has 0 heterocycles. The lowest BCUT2D eigenvalue weighted by Crippen LogP contribution is -2.19. The lowest BCUT2D eigenvalue weighted by atomic mass is 10.1. The van der Waals surface area contributed by atoms with Gasteiger partial charge in [0, 0.05) is 5.56 Å². The Bertz CT molecular complexity index is 797. The van der Waals surface area contributed by atoms with Gasteiger partial charge in [0.05, 0.1) is 11.4 Å². The second kappa shape index (κ2) is 5.64. The van der Waals surface area contributed by atoms with Crippen molar-refractivity contribution in [3.63, 3.8) is 0 Å². The maximum Gasteiger partial charge on any atom is 0.157 e. The number of fused-ring (bicyclic) bond motifs is 1. The van der Waals surface area contributed by atoms with E-state index in [1.807, 2.05) is 66.7 Å². The molecule has 21 heavy (non-hydrogen) atoms. The summed E-state index contributed by atoms with van der Waals surface area (Å²) < 4.78 is 0. The zero-order valence-corrected chi connectivity index (χ0v) is 11.3. The highest BCUT2D eigenvalue weighted by Gasteiger charge is 2.05. The highest BCUT2D eigenvalue weighted by atomic mass is 16.5. The molecule has 0 radical (unpaired) electrons. The quantitative estimate of drug-likeness (QED) is 0.291. The topological polar surface area (TPSA) is 70.6 Å². The van der Waals surface area contributed by atoms with Gasteiger partial charge in [-0.25, -0.2) is 4.99 Å². The number of anilines is 1. The molecule has 0 aliphatic rings. The van der Waals surface area contributed by atoms with Gasteiger partial charge in [0.2, 0.25) is 0 Å². The molecule has 0 aliphatic carbocycles. The third-order valence-corrected chi connectivity index (χ3v) is 3.28. The highest BCUT2D eigenvalue weighted by molar-refractivity contribution is 6.01. The second-order valence-electron chi connectivity index (χ2n) is 4.70. The Kier molecular flexibility index (Phi) is 3.53. The Labute approximate surface area is 122 Å². The van der Waals surface area contributed by atoms with E-state index >= 15 is 0 Å². The van der Waals surface area contributed by atoms with Gasteiger partial charge in [-0.2, -0.15) is 0 Å². The Morgan fingerprint density at radius 2 is 1.52 bits per heavy atom. The van der Waals surface area contributed by atoms with E-state index in [1.165, 1.54) is 0 Å². The van der Waals surface area contributed by atoms with E-state index in [0.717, 1.165) is 16.3 Å². The fraction of sp³-hybridized carbons (Fsp3) is 0. The zero-order valence-electron chi connectivity index (χ0n) is 11.3. The summed E-state index contributed by atoms with van der Waals surface area (Å²) in [6.45, 7) is 0. The van der Waals surface area contributed by atoms with Gasteiger partial charge < -0.3 is 5.73 Å². The molecule has 3 aromatic rings. The Balaban J connectivity index is 2.11. The molecular formula is C17H15N3O. The van der Waals surface area contributed by atoms with Gasteiger partial charge in [-0.1, -0.05) is 54.6 Å². The fourth-order valence-corrected chi connectivity index (χ4v) is 2.21. The third-order valence-electron chi connectivity index (χ3n) is 3.28. The summed E-state index contributed by atoms with van der Waals surface area (Å²) in [7, 11) is 0. The predicted molar refractivity (Wildman–Crippen MR) is 85.9 cm³/mol. The van der Waals surface area contributed by atoms with Crippen LogP contribution < -0.4 is 11.2 Å². The average molecular weight is 277 g/mol. The van der Waals surface area contributed by atoms with Crippen molar-refractivity contribution >= 4 is 28.0 Å². The van der Waals surface area contributed by atoms with E-state index in [0.29, 0.717) is 17.2 Å². The lowest BCUT2D eigenvalue weighted by molar-refractivity contribution is 0.235. The minimum Gasteiger partial charge on any atom is -0.397 e. The van der Waals surface area contributed by atoms with E-state index in [2.05, 4.69) is 10.5 Å². The monoisotopic (exact) mass is 277 g/mol. The summed E-state index contributed by atoms with van der Waals surface area (Å²) in [5.41, 5.74) is 10.2. The maximum absolute atomic E-state index is 9.32. The molecule has 4 N–H and O–H groups in total. The molecule has 0 bridgehead atoms. The van der Waals surface area contributed by atoms with E-state index < -0.39 is 0 Å². The van der Waals surface area contributed by atoms with Crippen LogP contribution in [0.5, 0.6) is 0 Å². The second-order valence-corrected chi connectivity index (χ2v) is 4.70. The van der Waals surface area contributed by atoms with Crippen molar-refractivity contribution in [2.24, 2.45) is 4.99 Å². The van der Waals surface area contributed by atoms with Gasteiger partial charge in [-0.05, 0) is 22.9 Å². The molecule has 0 aliphatic heterocycles. The van der Waals surface area contributed by atoms with Gasteiger partial charge in [0.1, 0.15) is 0 Å². The van der Waals surface area contributed by atoms with Gasteiger partial charge in [0.15, 0.2) is 5.84 Å². The summed E-state index contributed by atoms with van der Waals surface area (Å²) in [5, 5.41) is 11.4. The molecule has 0 saturated carbocycles. The van der Waals surface area contributed by atoms with Crippen LogP contribution in [0.4, 0.5) is 11.4 Å². The Morgan fingerprint density at radius 1 is 0.905 bits per heavy atom. The number of nitrogens with one attached hydrogen (secondary N) is 1. The number of hydrogen-bond acceptors (Lipinski definition) is 3. The summed E-state index contributed by atoms with van der Waals surface area (Å²) in [4.78, 5) is 4.43. The molecule has 4 nitrogen and oxygen atoms in total. The number of hydroxylamine groups is 1. The van der Waals surface area contributed by atoms with E-state index in [1.54, 1.807) is 0 Å². The smallest absolute Gasteiger partial charge is 0.157 e. The fourth-order valence-electron chi connectivity index (χ4n) is 2.21. The van der Waals surface area contributed by atoms with Crippen LogP contribution in [-0.2, 0) is 0 Å². The van der Waals surface area contributed by atoms with Crippen LogP contribution in [0.25, 0.3) is 10.8 Å². The van der Waals surface area contributed by atoms with Gasteiger partial charge in [0.25, 0.3) is 0 Å². The van der Waals surface area contributed by atoms with Crippen LogP contribution in [0.15, 0.2) is 71.7 Å². The van der Waals surface area contributed by atoms with Crippen molar-refractivity contribution in [2.45, 2.75) is 0 Å². The molecule has 0 aromatic heterocycles. The highest BCUT2D eigenvalue weighted by Crippen LogP contribution is 2.28. The average Bonchev–Trinajstić information content (AvgIpc) is 2.53. The third kappa shape index (κ3) is 2.70. The number of nitrogens with zero attached hydrogens (tertiary/aromatic N) is 1. The summed E-state index contributed by atoms with van der Waals surface area (Å²) in [6.07, 6.45) is 0. The van der Waals surface area contributed by atoms with Crippen molar-refractivity contribution in [3.8, 4) is 0 Å². The predicted octanol–water partition coefficient (Wildman–Crippen LogP) is 3.48. The summed E-state index contributed by atoms with van der Waals surface area (Å²) >= 11 is 0. The Hall–Kier alpha value is -2.85. The van der Waals surface area contributed by atoms with Crippen LogP contribution in [-0.4, -0.2) is 11.0 Å². The van der Waals surface area contributed by atoms with Crippen LogP contribution in [0.2, 0.25) is 0 Å². The molecule has 0 spiro atoms. The van der Waals surface area contributed by atoms with Gasteiger partial charge in [-0.3, -0.25) is 10.7 Å². The van der Waals surface area contributed by atoms with Crippen LogP contribution in [0.1, 0.15) is 5.56 Å². The minimum atomic E-state index is 0.359. The number of hydrogen-bond donors (Lipinski definition) is 3. The van der Waals surface area contributed by atoms with Gasteiger partial charge >= 0.3 is 0 Å². The van der Waals surface area contributed by atoms with E-state index in [-0.39, 0.29) is 0 Å². The number of nitrogens with two attached hydrogens (primary N) is 1. The van der Waals surface area contributed by atoms with Crippen LogP contribution in [0.3, 0.4) is 0 Å². The molecular weight excluding hydrogens is 262 g/mol. The molecule has 4 heteroatoms. The van der Waals surface area contributed by atoms with Crippen molar-refractivity contribution in [3.05, 3.63) is 72.3 Å². The van der Waals surface area contributed by atoms with Gasteiger partial charge in [-0.15, -0.1) is 0 Å². The molecule has 0 unspecified atom stereocenters. The van der Waals surface area contributed by atoms with Crippen molar-refractivity contribution in [2.75, 3.05) is 5.73 Å². The van der Waals surface area contributed by atoms with Crippen LogP contribution >= 0.6 is 0 Å². The first-order valence-electron chi connectivity index (χ1n) is 6.60. The summed E-state index contributed by atoms with van der Waals surface area (Å²) in [5.74, 6) is 0.359. The number of benzene rings is 3. The van der Waals surface area contributed by atoms with Crippen molar-refractivity contribution < 1.29 is 5.21 Å². The normalized spacial score (nSPS) is 11.6. The number of amidine groups is 1. The molecule has 104 valence electrons. The first-order chi connectivity index (χ1) is 10.3. The first kappa shape index (κ1) is 13.1. The summed E-state index contributed by atoms with van der Waals surface area (Å²) in [6, 6.07) is 21.1. The van der Waals surface area contributed by atoms with E-state index in [4.69, 9.17) is 5.73 Å². The molecule has 0 fully saturated rings. The van der Waals surface area contributed by atoms with Crippen LogP contribution in [0, 0.1) is 0 Å². The zero-order chi connectivity index (χ0) is 14.7. The van der Waals surface area contributed by atoms with E-state index in [9.17, 15) is 5.21 Å². The SMILES string of the molecule is Nc1cc2ccccc2cc1N=C(NO)c1ccccc1. The number of rotatable bonds is 2. The Morgan fingerprint density at radius 3 is 2.19 bits per heavy atom. The molecule has 3 aromatic carbocycles.